The van der Waals surface area contributed by atoms with Gasteiger partial charge in [-0.05, 0) is 43.0 Å². The van der Waals surface area contributed by atoms with E-state index in [0.29, 0.717) is 11.5 Å². The normalized spacial score (nSPS) is 11.5. The Morgan fingerprint density at radius 1 is 1.29 bits per heavy atom. The van der Waals surface area contributed by atoms with Crippen molar-refractivity contribution in [2.75, 3.05) is 18.4 Å². The summed E-state index contributed by atoms with van der Waals surface area (Å²) >= 11 is 0. The highest BCUT2D eigenvalue weighted by molar-refractivity contribution is 5.89. The summed E-state index contributed by atoms with van der Waals surface area (Å²) in [5.41, 5.74) is 1.32. The van der Waals surface area contributed by atoms with Crippen LogP contribution in [0.3, 0.4) is 0 Å². The lowest BCUT2D eigenvalue weighted by Gasteiger charge is -2.24. The molecule has 1 aromatic rings. The molecule has 0 bridgehead atoms. The van der Waals surface area contributed by atoms with Crippen molar-refractivity contribution in [2.24, 2.45) is 5.92 Å². The highest BCUT2D eigenvalue weighted by Crippen LogP contribution is 2.12. The number of anilines is 1. The largest absolute Gasteiger partial charge is 0.325 e. The number of rotatable bonds is 7. The number of hydrogen-bond donors (Lipinski definition) is 1. The Labute approximate surface area is 127 Å². The average Bonchev–Trinajstić information content (AvgIpc) is 2.51. The van der Waals surface area contributed by atoms with Gasteiger partial charge in [0.05, 0.1) is 11.6 Å². The molecule has 1 N–H and O–H groups in total. The Balaban J connectivity index is 2.60. The maximum absolute atomic E-state index is 12.3. The second kappa shape index (κ2) is 9.02. The first-order valence-electron chi connectivity index (χ1n) is 7.66. The van der Waals surface area contributed by atoms with Gasteiger partial charge in [0.1, 0.15) is 0 Å². The second-order valence-corrected chi connectivity index (χ2v) is 5.41. The molecule has 4 heteroatoms. The van der Waals surface area contributed by atoms with Crippen LogP contribution < -0.4 is 5.32 Å². The SMILES string of the molecule is CCCN(CC[C@H](C)CC)C(=O)Nc1ccc(C#N)cc1. The molecule has 0 aromatic heterocycles. The summed E-state index contributed by atoms with van der Waals surface area (Å²) in [6.45, 7) is 8.00. The van der Waals surface area contributed by atoms with E-state index in [1.165, 1.54) is 0 Å². The number of hydrogen-bond acceptors (Lipinski definition) is 2. The Kier molecular flexibility index (Phi) is 7.31. The van der Waals surface area contributed by atoms with Crippen LogP contribution in [-0.4, -0.2) is 24.0 Å². The molecule has 0 saturated heterocycles. The van der Waals surface area contributed by atoms with Crippen molar-refractivity contribution < 1.29 is 4.79 Å². The number of amides is 2. The number of nitrogens with one attached hydrogen (secondary N) is 1. The minimum atomic E-state index is -0.0649. The number of nitrogens with zero attached hydrogens (tertiary/aromatic N) is 2. The Morgan fingerprint density at radius 3 is 2.48 bits per heavy atom. The molecule has 0 aliphatic heterocycles. The van der Waals surface area contributed by atoms with Crippen LogP contribution in [0.15, 0.2) is 24.3 Å². The lowest BCUT2D eigenvalue weighted by molar-refractivity contribution is 0.207. The highest BCUT2D eigenvalue weighted by Gasteiger charge is 2.13. The van der Waals surface area contributed by atoms with Crippen LogP contribution in [0.2, 0.25) is 0 Å². The summed E-state index contributed by atoms with van der Waals surface area (Å²) in [5, 5.41) is 11.7. The molecule has 4 nitrogen and oxygen atoms in total. The number of benzene rings is 1. The molecule has 0 radical (unpaired) electrons. The second-order valence-electron chi connectivity index (χ2n) is 5.41. The zero-order valence-electron chi connectivity index (χ0n) is 13.2. The first-order chi connectivity index (χ1) is 10.1. The lowest BCUT2D eigenvalue weighted by Crippen LogP contribution is -2.36. The zero-order chi connectivity index (χ0) is 15.7. The van der Waals surface area contributed by atoms with E-state index >= 15 is 0 Å². The van der Waals surface area contributed by atoms with Crippen LogP contribution in [0, 0.1) is 17.2 Å². The molecule has 1 rings (SSSR count). The third kappa shape index (κ3) is 5.86. The fraction of sp³-hybridized carbons (Fsp3) is 0.529. The van der Waals surface area contributed by atoms with Crippen molar-refractivity contribution in [1.29, 1.82) is 5.26 Å². The molecular weight excluding hydrogens is 262 g/mol. The molecule has 0 saturated carbocycles. The molecule has 0 unspecified atom stereocenters. The van der Waals surface area contributed by atoms with E-state index < -0.39 is 0 Å². The fourth-order valence-electron chi connectivity index (χ4n) is 2.00. The van der Waals surface area contributed by atoms with Crippen molar-refractivity contribution in [3.63, 3.8) is 0 Å². The van der Waals surface area contributed by atoms with Crippen molar-refractivity contribution in [1.82, 2.24) is 4.90 Å². The number of carbonyl (C=O) groups is 1. The highest BCUT2D eigenvalue weighted by atomic mass is 16.2. The van der Waals surface area contributed by atoms with Gasteiger partial charge in [-0.1, -0.05) is 27.2 Å². The minimum absolute atomic E-state index is 0.0649. The molecule has 0 heterocycles. The molecule has 1 aromatic carbocycles. The maximum Gasteiger partial charge on any atom is 0.321 e. The van der Waals surface area contributed by atoms with Gasteiger partial charge in [-0.3, -0.25) is 0 Å². The third-order valence-corrected chi connectivity index (χ3v) is 3.63. The van der Waals surface area contributed by atoms with E-state index in [1.54, 1.807) is 24.3 Å². The van der Waals surface area contributed by atoms with E-state index in [2.05, 4.69) is 32.2 Å². The number of nitriles is 1. The van der Waals surface area contributed by atoms with Crippen LogP contribution in [0.1, 0.15) is 45.6 Å². The molecule has 0 aliphatic carbocycles. The molecule has 0 fully saturated rings. The predicted octanol–water partition coefficient (Wildman–Crippen LogP) is 4.24. The van der Waals surface area contributed by atoms with Gasteiger partial charge in [0.15, 0.2) is 0 Å². The lowest BCUT2D eigenvalue weighted by atomic mass is 10.1. The summed E-state index contributed by atoms with van der Waals surface area (Å²) in [6.07, 6.45) is 3.11. The summed E-state index contributed by atoms with van der Waals surface area (Å²) in [6, 6.07) is 8.93. The smallest absolute Gasteiger partial charge is 0.321 e. The van der Waals surface area contributed by atoms with Gasteiger partial charge < -0.3 is 10.2 Å². The molecular formula is C17H25N3O. The first-order valence-corrected chi connectivity index (χ1v) is 7.66. The van der Waals surface area contributed by atoms with Gasteiger partial charge in [-0.15, -0.1) is 0 Å². The van der Waals surface area contributed by atoms with Crippen LogP contribution in [0.4, 0.5) is 10.5 Å². The number of urea groups is 1. The van der Waals surface area contributed by atoms with Gasteiger partial charge in [-0.25, -0.2) is 4.79 Å². The third-order valence-electron chi connectivity index (χ3n) is 3.63. The van der Waals surface area contributed by atoms with E-state index in [-0.39, 0.29) is 6.03 Å². The molecule has 114 valence electrons. The van der Waals surface area contributed by atoms with Crippen molar-refractivity contribution >= 4 is 11.7 Å². The molecule has 1 atom stereocenters. The van der Waals surface area contributed by atoms with Gasteiger partial charge in [0, 0.05) is 18.8 Å². The van der Waals surface area contributed by atoms with E-state index in [1.807, 2.05) is 4.90 Å². The average molecular weight is 287 g/mol. The van der Waals surface area contributed by atoms with Crippen LogP contribution in [-0.2, 0) is 0 Å². The maximum atomic E-state index is 12.3. The quantitative estimate of drug-likeness (QED) is 0.815. The summed E-state index contributed by atoms with van der Waals surface area (Å²) in [5.74, 6) is 0.632. The zero-order valence-corrected chi connectivity index (χ0v) is 13.2. The van der Waals surface area contributed by atoms with Gasteiger partial charge >= 0.3 is 6.03 Å². The van der Waals surface area contributed by atoms with E-state index in [4.69, 9.17) is 5.26 Å². The summed E-state index contributed by atoms with van der Waals surface area (Å²) in [7, 11) is 0. The van der Waals surface area contributed by atoms with E-state index in [0.717, 1.165) is 38.0 Å². The molecule has 21 heavy (non-hydrogen) atoms. The molecule has 0 aliphatic rings. The summed E-state index contributed by atoms with van der Waals surface area (Å²) in [4.78, 5) is 14.2. The topological polar surface area (TPSA) is 56.1 Å². The first kappa shape index (κ1) is 17.0. The van der Waals surface area contributed by atoms with Gasteiger partial charge in [-0.2, -0.15) is 5.26 Å². The minimum Gasteiger partial charge on any atom is -0.325 e. The fourth-order valence-corrected chi connectivity index (χ4v) is 2.00. The van der Waals surface area contributed by atoms with Crippen LogP contribution >= 0.6 is 0 Å². The van der Waals surface area contributed by atoms with Crippen LogP contribution in [0.25, 0.3) is 0 Å². The van der Waals surface area contributed by atoms with Gasteiger partial charge in [0.25, 0.3) is 0 Å². The van der Waals surface area contributed by atoms with E-state index in [9.17, 15) is 4.79 Å². The number of carbonyl (C=O) groups excluding carboxylic acids is 1. The molecule has 2 amide bonds. The molecule has 0 spiro atoms. The van der Waals surface area contributed by atoms with Crippen molar-refractivity contribution in [3.05, 3.63) is 29.8 Å². The van der Waals surface area contributed by atoms with Gasteiger partial charge in [0.2, 0.25) is 0 Å². The standard InChI is InChI=1S/C17H25N3O/c1-4-11-20(12-10-14(3)5-2)17(21)19-16-8-6-15(13-18)7-9-16/h6-9,14H,4-5,10-12H2,1-3H3,(H,19,21)/t14-/m1/s1. The monoisotopic (exact) mass is 287 g/mol. The van der Waals surface area contributed by atoms with Crippen molar-refractivity contribution in [3.8, 4) is 6.07 Å². The summed E-state index contributed by atoms with van der Waals surface area (Å²) < 4.78 is 0. The Bertz CT molecular complexity index is 476. The Hall–Kier alpha value is -2.02. The predicted molar refractivity (Wildman–Crippen MR) is 86.1 cm³/mol. The van der Waals surface area contributed by atoms with Crippen LogP contribution in [0.5, 0.6) is 0 Å². The Morgan fingerprint density at radius 2 is 1.95 bits per heavy atom. The van der Waals surface area contributed by atoms with Crippen molar-refractivity contribution in [2.45, 2.75) is 40.0 Å².